The van der Waals surface area contributed by atoms with Gasteiger partial charge in [-0.3, -0.25) is 0 Å². The quantitative estimate of drug-likeness (QED) is 0.895. The van der Waals surface area contributed by atoms with Gasteiger partial charge in [-0.05, 0) is 49.4 Å². The van der Waals surface area contributed by atoms with Crippen molar-refractivity contribution in [1.29, 1.82) is 0 Å². The van der Waals surface area contributed by atoms with Gasteiger partial charge in [0, 0.05) is 10.0 Å². The number of hydrogen-bond acceptors (Lipinski definition) is 3. The first-order chi connectivity index (χ1) is 9.60. The molecule has 1 saturated heterocycles. The molecule has 0 amide bonds. The molecule has 1 aliphatic heterocycles. The van der Waals surface area contributed by atoms with Crippen molar-refractivity contribution >= 4 is 15.9 Å². The molecule has 4 heteroatoms. The van der Waals surface area contributed by atoms with E-state index in [2.05, 4.69) is 35.1 Å². The summed E-state index contributed by atoms with van der Waals surface area (Å²) in [6.07, 6.45) is 2.35. The van der Waals surface area contributed by atoms with Gasteiger partial charge in [0.2, 0.25) is 0 Å². The smallest absolute Gasteiger partial charge is 0.164 e. The van der Waals surface area contributed by atoms with Crippen molar-refractivity contribution in [3.63, 3.8) is 0 Å². The minimum absolute atomic E-state index is 0.404. The summed E-state index contributed by atoms with van der Waals surface area (Å²) in [7, 11) is 3.42. The molecule has 0 aliphatic carbocycles. The Labute approximate surface area is 130 Å². The number of halogens is 1. The molecule has 1 aliphatic rings. The number of hydrogen-bond donors (Lipinski definition) is 1. The average molecular weight is 342 g/mol. The second kappa shape index (κ2) is 6.81. The summed E-state index contributed by atoms with van der Waals surface area (Å²) in [6.45, 7) is 6.61. The van der Waals surface area contributed by atoms with E-state index in [1.54, 1.807) is 14.2 Å². The van der Waals surface area contributed by atoms with Crippen LogP contribution in [0.2, 0.25) is 0 Å². The second-order valence-electron chi connectivity index (χ2n) is 5.60. The van der Waals surface area contributed by atoms with Crippen LogP contribution in [0.15, 0.2) is 10.5 Å². The number of benzene rings is 1. The van der Waals surface area contributed by atoms with Gasteiger partial charge in [-0.15, -0.1) is 0 Å². The van der Waals surface area contributed by atoms with Crippen molar-refractivity contribution < 1.29 is 9.47 Å². The number of rotatable bonds is 4. The normalized spacial score (nSPS) is 16.5. The largest absolute Gasteiger partial charge is 0.493 e. The topological polar surface area (TPSA) is 30.5 Å². The Kier molecular flexibility index (Phi) is 5.33. The van der Waals surface area contributed by atoms with E-state index in [1.807, 2.05) is 6.07 Å². The van der Waals surface area contributed by atoms with Crippen molar-refractivity contribution in [2.45, 2.75) is 38.5 Å². The lowest BCUT2D eigenvalue weighted by atomic mass is 9.83. The zero-order valence-corrected chi connectivity index (χ0v) is 14.3. The molecule has 0 radical (unpaired) electrons. The van der Waals surface area contributed by atoms with Gasteiger partial charge in [0.05, 0.1) is 14.2 Å². The van der Waals surface area contributed by atoms with Crippen LogP contribution in [0.3, 0.4) is 0 Å². The predicted octanol–water partition coefficient (Wildman–Crippen LogP) is 4.06. The van der Waals surface area contributed by atoms with Gasteiger partial charge >= 0.3 is 0 Å². The molecule has 0 saturated carbocycles. The number of methoxy groups -OCH3 is 2. The Balaban J connectivity index is 2.58. The van der Waals surface area contributed by atoms with E-state index in [4.69, 9.17) is 9.47 Å². The van der Waals surface area contributed by atoms with E-state index >= 15 is 0 Å². The van der Waals surface area contributed by atoms with Crippen LogP contribution in [-0.4, -0.2) is 27.3 Å². The third-order valence-electron chi connectivity index (χ3n) is 4.02. The van der Waals surface area contributed by atoms with Crippen LogP contribution in [0, 0.1) is 0 Å². The molecular formula is C16H24BrNO2. The summed E-state index contributed by atoms with van der Waals surface area (Å²) in [6, 6.07) is 2.04. The highest BCUT2D eigenvalue weighted by Crippen LogP contribution is 2.46. The van der Waals surface area contributed by atoms with Crippen LogP contribution in [0.5, 0.6) is 11.5 Å². The van der Waals surface area contributed by atoms with Gasteiger partial charge < -0.3 is 14.8 Å². The Morgan fingerprint density at radius 2 is 1.85 bits per heavy atom. The first-order valence-electron chi connectivity index (χ1n) is 7.25. The van der Waals surface area contributed by atoms with E-state index in [9.17, 15) is 0 Å². The van der Waals surface area contributed by atoms with Gasteiger partial charge in [-0.2, -0.15) is 0 Å². The summed E-state index contributed by atoms with van der Waals surface area (Å²) in [4.78, 5) is 0. The summed E-state index contributed by atoms with van der Waals surface area (Å²) in [5, 5.41) is 3.43. The highest BCUT2D eigenvalue weighted by Gasteiger charge is 2.27. The van der Waals surface area contributed by atoms with Crippen molar-refractivity contribution in [2.75, 3.05) is 27.3 Å². The van der Waals surface area contributed by atoms with E-state index < -0.39 is 0 Å². The van der Waals surface area contributed by atoms with Crippen molar-refractivity contribution in [1.82, 2.24) is 5.32 Å². The monoisotopic (exact) mass is 341 g/mol. The maximum atomic E-state index is 5.65. The van der Waals surface area contributed by atoms with E-state index in [1.165, 1.54) is 24.0 Å². The lowest BCUT2D eigenvalue weighted by Gasteiger charge is -2.29. The molecule has 3 nitrogen and oxygen atoms in total. The number of nitrogens with one attached hydrogen (secondary N) is 1. The van der Waals surface area contributed by atoms with Crippen LogP contribution in [0.25, 0.3) is 0 Å². The minimum atomic E-state index is 0.404. The molecule has 112 valence electrons. The van der Waals surface area contributed by atoms with Crippen LogP contribution in [0.4, 0.5) is 0 Å². The van der Waals surface area contributed by atoms with E-state index in [-0.39, 0.29) is 0 Å². The standard InChI is InChI=1S/C16H24BrNO2/c1-10(2)14-15(11-5-7-18-8-6-11)12(17)9-13(19-3)16(14)20-4/h9-11,18H,5-8H2,1-4H3. The molecule has 0 bridgehead atoms. The number of ether oxygens (including phenoxy) is 2. The first kappa shape index (κ1) is 15.6. The van der Waals surface area contributed by atoms with Gasteiger partial charge in [-0.1, -0.05) is 29.8 Å². The predicted molar refractivity (Wildman–Crippen MR) is 86.2 cm³/mol. The maximum absolute atomic E-state index is 5.65. The fourth-order valence-electron chi connectivity index (χ4n) is 3.10. The van der Waals surface area contributed by atoms with Crippen molar-refractivity contribution in [3.8, 4) is 11.5 Å². The molecule has 1 fully saturated rings. The molecule has 1 heterocycles. The third kappa shape index (κ3) is 2.96. The second-order valence-corrected chi connectivity index (χ2v) is 6.45. The first-order valence-corrected chi connectivity index (χ1v) is 8.04. The lowest BCUT2D eigenvalue weighted by molar-refractivity contribution is 0.347. The summed E-state index contributed by atoms with van der Waals surface area (Å²) < 4.78 is 12.3. The van der Waals surface area contributed by atoms with Crippen molar-refractivity contribution in [2.24, 2.45) is 0 Å². The number of piperidine rings is 1. The lowest BCUT2D eigenvalue weighted by Crippen LogP contribution is -2.27. The van der Waals surface area contributed by atoms with Crippen LogP contribution >= 0.6 is 15.9 Å². The Hall–Kier alpha value is -0.740. The fraction of sp³-hybridized carbons (Fsp3) is 0.625. The molecule has 1 N–H and O–H groups in total. The van der Waals surface area contributed by atoms with Gasteiger partial charge in [-0.25, -0.2) is 0 Å². The molecule has 2 rings (SSSR count). The molecule has 0 atom stereocenters. The molecule has 1 aromatic rings. The van der Waals surface area contributed by atoms with Crippen molar-refractivity contribution in [3.05, 3.63) is 21.7 Å². The third-order valence-corrected chi connectivity index (χ3v) is 4.68. The Morgan fingerprint density at radius 1 is 1.20 bits per heavy atom. The van der Waals surface area contributed by atoms with Crippen LogP contribution < -0.4 is 14.8 Å². The van der Waals surface area contributed by atoms with Gasteiger partial charge in [0.1, 0.15) is 0 Å². The molecular weight excluding hydrogens is 318 g/mol. The summed E-state index contributed by atoms with van der Waals surface area (Å²) in [5.41, 5.74) is 2.68. The molecule has 20 heavy (non-hydrogen) atoms. The summed E-state index contributed by atoms with van der Waals surface area (Å²) in [5.74, 6) is 2.68. The van der Waals surface area contributed by atoms with Crippen LogP contribution in [0.1, 0.15) is 49.7 Å². The van der Waals surface area contributed by atoms with E-state index in [0.717, 1.165) is 29.1 Å². The molecule has 0 aromatic heterocycles. The molecule has 0 unspecified atom stereocenters. The summed E-state index contributed by atoms with van der Waals surface area (Å²) >= 11 is 3.75. The Bertz CT molecular complexity index is 468. The molecule has 1 aromatic carbocycles. The zero-order valence-electron chi connectivity index (χ0n) is 12.8. The Morgan fingerprint density at radius 3 is 2.35 bits per heavy atom. The minimum Gasteiger partial charge on any atom is -0.493 e. The fourth-order valence-corrected chi connectivity index (χ4v) is 3.85. The van der Waals surface area contributed by atoms with Crippen LogP contribution in [-0.2, 0) is 0 Å². The van der Waals surface area contributed by atoms with Gasteiger partial charge in [0.15, 0.2) is 11.5 Å². The van der Waals surface area contributed by atoms with E-state index in [0.29, 0.717) is 11.8 Å². The highest BCUT2D eigenvalue weighted by molar-refractivity contribution is 9.10. The highest BCUT2D eigenvalue weighted by atomic mass is 79.9. The van der Waals surface area contributed by atoms with Gasteiger partial charge in [0.25, 0.3) is 0 Å². The zero-order chi connectivity index (χ0) is 14.7. The average Bonchev–Trinajstić information content (AvgIpc) is 2.46. The SMILES string of the molecule is COc1cc(Br)c(C2CCNCC2)c(C(C)C)c1OC. The molecule has 0 spiro atoms. The maximum Gasteiger partial charge on any atom is 0.164 e.